The molecule has 0 aromatic heterocycles. The Hall–Kier alpha value is -0.130. The first-order valence-corrected chi connectivity index (χ1v) is 6.89. The maximum Gasteiger partial charge on any atom is 0.148 e. The highest BCUT2D eigenvalue weighted by molar-refractivity contribution is 7.90. The van der Waals surface area contributed by atoms with Crippen LogP contribution in [0.2, 0.25) is 0 Å². The van der Waals surface area contributed by atoms with Crippen LogP contribution < -0.4 is 5.32 Å². The summed E-state index contributed by atoms with van der Waals surface area (Å²) < 4.78 is 21.9. The molecule has 0 aliphatic rings. The van der Waals surface area contributed by atoms with Gasteiger partial charge in [-0.15, -0.1) is 0 Å². The molecule has 14 heavy (non-hydrogen) atoms. The second-order valence-corrected chi connectivity index (χ2v) is 6.19. The molecular formula is C9H22N2O2S. The van der Waals surface area contributed by atoms with Crippen molar-refractivity contribution < 1.29 is 8.42 Å². The molecule has 0 heterocycles. The maximum atomic E-state index is 11.0. The smallest absolute Gasteiger partial charge is 0.148 e. The molecule has 0 rings (SSSR count). The van der Waals surface area contributed by atoms with Crippen LogP contribution in [0.5, 0.6) is 0 Å². The molecule has 0 saturated carbocycles. The molecule has 5 heteroatoms. The van der Waals surface area contributed by atoms with Crippen molar-refractivity contribution in [3.05, 3.63) is 0 Å². The van der Waals surface area contributed by atoms with E-state index in [2.05, 4.69) is 24.1 Å². The van der Waals surface area contributed by atoms with Crippen LogP contribution in [-0.4, -0.2) is 58.1 Å². The van der Waals surface area contributed by atoms with Crippen molar-refractivity contribution in [2.45, 2.75) is 25.9 Å². The Bertz CT molecular complexity index is 252. The Morgan fingerprint density at radius 2 is 1.86 bits per heavy atom. The first-order valence-electron chi connectivity index (χ1n) is 4.83. The zero-order chi connectivity index (χ0) is 11.4. The largest absolute Gasteiger partial charge is 0.316 e. The number of nitrogens with zero attached hydrogens (tertiary/aromatic N) is 1. The van der Waals surface area contributed by atoms with Gasteiger partial charge >= 0.3 is 0 Å². The molecule has 0 saturated heterocycles. The van der Waals surface area contributed by atoms with Crippen LogP contribution in [0.3, 0.4) is 0 Å². The number of nitrogens with one attached hydrogen (secondary N) is 1. The van der Waals surface area contributed by atoms with Crippen molar-refractivity contribution in [3.8, 4) is 0 Å². The first-order chi connectivity index (χ1) is 6.28. The number of sulfone groups is 1. The summed E-state index contributed by atoms with van der Waals surface area (Å²) in [6.45, 7) is 4.76. The summed E-state index contributed by atoms with van der Waals surface area (Å²) in [5, 5.41) is 3.15. The van der Waals surface area contributed by atoms with E-state index >= 15 is 0 Å². The van der Waals surface area contributed by atoms with Gasteiger partial charge in [-0.1, -0.05) is 0 Å². The third kappa shape index (κ3) is 5.57. The van der Waals surface area contributed by atoms with Crippen LogP contribution in [-0.2, 0) is 9.84 Å². The van der Waals surface area contributed by atoms with Crippen LogP contribution in [0.25, 0.3) is 0 Å². The summed E-state index contributed by atoms with van der Waals surface area (Å²) >= 11 is 0. The van der Waals surface area contributed by atoms with E-state index in [1.807, 2.05) is 14.1 Å². The normalized spacial score (nSPS) is 17.0. The summed E-state index contributed by atoms with van der Waals surface area (Å²) in [6.07, 6.45) is 1.27. The quantitative estimate of drug-likeness (QED) is 0.685. The number of hydrogen-bond acceptors (Lipinski definition) is 4. The minimum Gasteiger partial charge on any atom is -0.316 e. The van der Waals surface area contributed by atoms with Crippen molar-refractivity contribution in [3.63, 3.8) is 0 Å². The lowest BCUT2D eigenvalue weighted by atomic mass is 10.1. The van der Waals surface area contributed by atoms with E-state index in [9.17, 15) is 8.42 Å². The average molecular weight is 222 g/mol. The Morgan fingerprint density at radius 3 is 2.21 bits per heavy atom. The first kappa shape index (κ1) is 13.9. The van der Waals surface area contributed by atoms with Gasteiger partial charge in [0.25, 0.3) is 0 Å². The molecule has 4 nitrogen and oxygen atoms in total. The van der Waals surface area contributed by atoms with Crippen molar-refractivity contribution in [1.82, 2.24) is 10.2 Å². The van der Waals surface area contributed by atoms with Gasteiger partial charge in [-0.2, -0.15) is 0 Å². The molecule has 2 unspecified atom stereocenters. The molecule has 0 aliphatic carbocycles. The molecule has 0 aromatic carbocycles. The van der Waals surface area contributed by atoms with Crippen LogP contribution >= 0.6 is 0 Å². The molecule has 0 radical (unpaired) electrons. The standard InChI is InChI=1S/C9H22N2O2S/c1-8(10-3)9(2)11(4)6-7-14(5,12)13/h8-10H,6-7H2,1-5H3. The van der Waals surface area contributed by atoms with Gasteiger partial charge in [0, 0.05) is 24.9 Å². The number of rotatable bonds is 6. The zero-order valence-electron chi connectivity index (χ0n) is 9.74. The molecule has 0 aliphatic heterocycles. The van der Waals surface area contributed by atoms with Gasteiger partial charge in [0.1, 0.15) is 9.84 Å². The highest BCUT2D eigenvalue weighted by Crippen LogP contribution is 2.01. The Morgan fingerprint density at radius 1 is 1.36 bits per heavy atom. The molecule has 1 N–H and O–H groups in total. The molecule has 2 atom stereocenters. The SMILES string of the molecule is CNC(C)C(C)N(C)CCS(C)(=O)=O. The summed E-state index contributed by atoms with van der Waals surface area (Å²) in [7, 11) is 1.01. The lowest BCUT2D eigenvalue weighted by Gasteiger charge is -2.29. The van der Waals surface area contributed by atoms with E-state index in [1.165, 1.54) is 6.26 Å². The predicted octanol–water partition coefficient (Wildman–Crippen LogP) is -0.0408. The molecule has 86 valence electrons. The van der Waals surface area contributed by atoms with E-state index < -0.39 is 9.84 Å². The lowest BCUT2D eigenvalue weighted by molar-refractivity contribution is 0.230. The van der Waals surface area contributed by atoms with Crippen LogP contribution in [0, 0.1) is 0 Å². The molecule has 0 bridgehead atoms. The fourth-order valence-corrected chi connectivity index (χ4v) is 1.76. The second kappa shape index (κ2) is 5.68. The number of hydrogen-bond donors (Lipinski definition) is 1. The minimum atomic E-state index is -2.85. The van der Waals surface area contributed by atoms with Gasteiger partial charge < -0.3 is 10.2 Å². The molecule has 0 aromatic rings. The van der Waals surface area contributed by atoms with Crippen molar-refractivity contribution >= 4 is 9.84 Å². The number of likely N-dealkylation sites (N-methyl/N-ethyl adjacent to an activating group) is 2. The van der Waals surface area contributed by atoms with Crippen LogP contribution in [0.4, 0.5) is 0 Å². The van der Waals surface area contributed by atoms with Gasteiger partial charge in [0.05, 0.1) is 5.75 Å². The molecular weight excluding hydrogens is 200 g/mol. The van der Waals surface area contributed by atoms with Gasteiger partial charge in [-0.05, 0) is 27.9 Å². The maximum absolute atomic E-state index is 11.0. The molecule has 0 spiro atoms. The monoisotopic (exact) mass is 222 g/mol. The lowest BCUT2D eigenvalue weighted by Crippen LogP contribution is -2.45. The van der Waals surface area contributed by atoms with Gasteiger partial charge in [0.15, 0.2) is 0 Å². The van der Waals surface area contributed by atoms with Gasteiger partial charge in [-0.3, -0.25) is 0 Å². The highest BCUT2D eigenvalue weighted by atomic mass is 32.2. The summed E-state index contributed by atoms with van der Waals surface area (Å²) in [5.74, 6) is 0.226. The van der Waals surface area contributed by atoms with Gasteiger partial charge in [-0.25, -0.2) is 8.42 Å². The fourth-order valence-electron chi connectivity index (χ4n) is 1.14. The molecule has 0 fully saturated rings. The van der Waals surface area contributed by atoms with Crippen molar-refractivity contribution in [1.29, 1.82) is 0 Å². The van der Waals surface area contributed by atoms with Crippen LogP contribution in [0.1, 0.15) is 13.8 Å². The fraction of sp³-hybridized carbons (Fsp3) is 1.00. The van der Waals surface area contributed by atoms with E-state index in [0.29, 0.717) is 18.6 Å². The summed E-state index contributed by atoms with van der Waals surface area (Å²) in [4.78, 5) is 2.06. The van der Waals surface area contributed by atoms with E-state index in [4.69, 9.17) is 0 Å². The third-order valence-electron chi connectivity index (χ3n) is 2.69. The summed E-state index contributed by atoms with van der Waals surface area (Å²) in [6, 6.07) is 0.696. The van der Waals surface area contributed by atoms with Crippen molar-refractivity contribution in [2.24, 2.45) is 0 Å². The topological polar surface area (TPSA) is 49.4 Å². The second-order valence-electron chi connectivity index (χ2n) is 3.93. The Labute approximate surface area is 87.6 Å². The molecule has 0 amide bonds. The Balaban J connectivity index is 4.02. The van der Waals surface area contributed by atoms with Crippen molar-refractivity contribution in [2.75, 3.05) is 32.6 Å². The highest BCUT2D eigenvalue weighted by Gasteiger charge is 2.16. The average Bonchev–Trinajstić information content (AvgIpc) is 2.10. The van der Waals surface area contributed by atoms with Crippen LogP contribution in [0.15, 0.2) is 0 Å². The minimum absolute atomic E-state index is 0.226. The zero-order valence-corrected chi connectivity index (χ0v) is 10.6. The summed E-state index contributed by atoms with van der Waals surface area (Å²) in [5.41, 5.74) is 0. The van der Waals surface area contributed by atoms with E-state index in [1.54, 1.807) is 0 Å². The van der Waals surface area contributed by atoms with Gasteiger partial charge in [0.2, 0.25) is 0 Å². The van der Waals surface area contributed by atoms with E-state index in [-0.39, 0.29) is 5.75 Å². The third-order valence-corrected chi connectivity index (χ3v) is 3.61. The van der Waals surface area contributed by atoms with E-state index in [0.717, 1.165) is 0 Å². The Kier molecular flexibility index (Phi) is 5.63. The predicted molar refractivity (Wildman–Crippen MR) is 60.3 cm³/mol.